The molecule has 0 aromatic carbocycles. The number of nitrogens with zero attached hydrogens (tertiary/aromatic N) is 3. The number of ether oxygens (including phenoxy) is 1. The highest BCUT2D eigenvalue weighted by molar-refractivity contribution is 5.87. The first-order chi connectivity index (χ1) is 12.9. The van der Waals surface area contributed by atoms with E-state index in [4.69, 9.17) is 10.5 Å². The largest absolute Gasteiger partial charge is 0.387 e. The zero-order chi connectivity index (χ0) is 19.6. The molecule has 1 unspecified atom stereocenters. The van der Waals surface area contributed by atoms with Gasteiger partial charge in [-0.2, -0.15) is 0 Å². The number of primary amides is 1. The maximum atomic E-state index is 11.5. The number of aliphatic hydroxyl groups excluding tert-OH is 1. The third-order valence-electron chi connectivity index (χ3n) is 4.52. The molecule has 27 heavy (non-hydrogen) atoms. The van der Waals surface area contributed by atoms with Crippen molar-refractivity contribution in [3.63, 3.8) is 0 Å². The van der Waals surface area contributed by atoms with Crippen LogP contribution in [-0.2, 0) is 9.53 Å². The summed E-state index contributed by atoms with van der Waals surface area (Å²) in [7, 11) is 1.41. The minimum absolute atomic E-state index is 0.447. The van der Waals surface area contributed by atoms with Crippen molar-refractivity contribution in [2.45, 2.75) is 32.5 Å². The number of carbonyl (C=O) groups is 1. The van der Waals surface area contributed by atoms with Crippen molar-refractivity contribution in [1.29, 1.82) is 0 Å². The lowest BCUT2D eigenvalue weighted by Gasteiger charge is -2.13. The minimum atomic E-state index is -0.891. The van der Waals surface area contributed by atoms with Gasteiger partial charge in [0.2, 0.25) is 0 Å². The van der Waals surface area contributed by atoms with Crippen molar-refractivity contribution < 1.29 is 14.6 Å². The van der Waals surface area contributed by atoms with Crippen LogP contribution in [0.1, 0.15) is 42.5 Å². The molecular formula is C20H22N4O3. The quantitative estimate of drug-likeness (QED) is 0.694. The summed E-state index contributed by atoms with van der Waals surface area (Å²) in [5, 5.41) is 11.7. The maximum Gasteiger partial charge on any atom is 0.252 e. The van der Waals surface area contributed by atoms with E-state index in [1.54, 1.807) is 24.7 Å². The molecule has 0 aliphatic carbocycles. The van der Waals surface area contributed by atoms with Gasteiger partial charge in [-0.15, -0.1) is 0 Å². The number of methoxy groups -OCH3 is 1. The lowest BCUT2D eigenvalue weighted by Crippen LogP contribution is -2.23. The number of hydrogen-bond acceptors (Lipinski definition) is 6. The van der Waals surface area contributed by atoms with Crippen LogP contribution in [0.15, 0.2) is 36.8 Å². The highest BCUT2D eigenvalue weighted by Gasteiger charge is 2.19. The van der Waals surface area contributed by atoms with Gasteiger partial charge < -0.3 is 15.6 Å². The van der Waals surface area contributed by atoms with Gasteiger partial charge in [-0.05, 0) is 37.1 Å². The summed E-state index contributed by atoms with van der Waals surface area (Å²) in [6, 6.07) is 5.54. The molecular weight excluding hydrogens is 344 g/mol. The van der Waals surface area contributed by atoms with E-state index in [1.807, 2.05) is 26.0 Å². The summed E-state index contributed by atoms with van der Waals surface area (Å²) in [4.78, 5) is 24.6. The number of nitrogens with two attached hydrogens (primary N) is 1. The number of pyridine rings is 3. The summed E-state index contributed by atoms with van der Waals surface area (Å²) < 4.78 is 5.11. The van der Waals surface area contributed by atoms with Crippen molar-refractivity contribution in [3.8, 4) is 11.3 Å². The monoisotopic (exact) mass is 366 g/mol. The zero-order valence-electron chi connectivity index (χ0n) is 15.5. The molecule has 2 atom stereocenters. The number of aromatic nitrogens is 3. The van der Waals surface area contributed by atoms with E-state index in [9.17, 15) is 9.90 Å². The van der Waals surface area contributed by atoms with E-state index < -0.39 is 18.1 Å². The summed E-state index contributed by atoms with van der Waals surface area (Å²) in [6.45, 7) is 3.88. The Morgan fingerprint density at radius 3 is 2.41 bits per heavy atom. The number of amides is 1. The van der Waals surface area contributed by atoms with Gasteiger partial charge in [0.1, 0.15) is 0 Å². The van der Waals surface area contributed by atoms with E-state index in [1.165, 1.54) is 7.11 Å². The third kappa shape index (κ3) is 3.79. The second-order valence-electron chi connectivity index (χ2n) is 6.39. The molecule has 0 spiro atoms. The van der Waals surface area contributed by atoms with Crippen molar-refractivity contribution in [3.05, 3.63) is 53.7 Å². The fourth-order valence-corrected chi connectivity index (χ4v) is 2.97. The van der Waals surface area contributed by atoms with Crippen LogP contribution in [0.25, 0.3) is 22.0 Å². The van der Waals surface area contributed by atoms with E-state index in [0.29, 0.717) is 17.8 Å². The predicted molar refractivity (Wildman–Crippen MR) is 102 cm³/mol. The van der Waals surface area contributed by atoms with Crippen molar-refractivity contribution in [1.82, 2.24) is 15.0 Å². The van der Waals surface area contributed by atoms with E-state index in [-0.39, 0.29) is 0 Å². The number of carbonyl (C=O) groups excluding carboxylic acids is 1. The molecule has 3 aromatic heterocycles. The van der Waals surface area contributed by atoms with Crippen LogP contribution in [0.5, 0.6) is 0 Å². The first-order valence-corrected chi connectivity index (χ1v) is 8.67. The molecule has 3 rings (SSSR count). The topological polar surface area (TPSA) is 111 Å². The molecule has 0 saturated carbocycles. The van der Waals surface area contributed by atoms with Gasteiger partial charge in [0.25, 0.3) is 5.91 Å². The zero-order valence-corrected chi connectivity index (χ0v) is 15.5. The number of fused-ring (bicyclic) bond motifs is 1. The van der Waals surface area contributed by atoms with Crippen LogP contribution in [0.2, 0.25) is 0 Å². The van der Waals surface area contributed by atoms with Crippen LogP contribution < -0.4 is 5.73 Å². The summed E-state index contributed by atoms with van der Waals surface area (Å²) >= 11 is 0. The average molecular weight is 366 g/mol. The molecule has 7 heteroatoms. The molecule has 0 bridgehead atoms. The number of aliphatic hydroxyl groups is 1. The molecule has 1 amide bonds. The SMILES string of the molecule is CC[C@H](O)c1cc(C)c(-c2cc3cnc(C(OC)C(N)=O)cc3cn2)cn1. The van der Waals surface area contributed by atoms with Crippen molar-refractivity contribution in [2.75, 3.05) is 7.11 Å². The normalized spacial score (nSPS) is 13.5. The Morgan fingerprint density at radius 2 is 1.78 bits per heavy atom. The van der Waals surface area contributed by atoms with Crippen LogP contribution in [-0.4, -0.2) is 33.1 Å². The Kier molecular flexibility index (Phi) is 5.43. The average Bonchev–Trinajstić information content (AvgIpc) is 2.67. The molecule has 7 nitrogen and oxygen atoms in total. The highest BCUT2D eigenvalue weighted by Crippen LogP contribution is 2.27. The summed E-state index contributed by atoms with van der Waals surface area (Å²) in [5.74, 6) is -0.593. The fraction of sp³-hybridized carbons (Fsp3) is 0.300. The Bertz CT molecular complexity index is 990. The van der Waals surface area contributed by atoms with Gasteiger partial charge in [0, 0.05) is 42.0 Å². The number of aryl methyl sites for hydroxylation is 1. The van der Waals surface area contributed by atoms with Crippen LogP contribution in [0.4, 0.5) is 0 Å². The molecule has 3 heterocycles. The smallest absolute Gasteiger partial charge is 0.252 e. The Balaban J connectivity index is 1.99. The van der Waals surface area contributed by atoms with E-state index in [0.717, 1.165) is 27.6 Å². The van der Waals surface area contributed by atoms with Crippen LogP contribution >= 0.6 is 0 Å². The summed E-state index contributed by atoms with van der Waals surface area (Å²) in [6.07, 6.45) is 4.28. The standard InChI is InChI=1S/C20H22N4O3/c1-4-18(25)16-5-11(2)14(10-24-16)15-6-12-9-23-17(7-13(12)8-22-15)19(27-3)20(21)26/h5-10,18-19,25H,4H2,1-3H3,(H2,21,26)/t18-,19?/m0/s1. The molecule has 140 valence electrons. The molecule has 3 aromatic rings. The second kappa shape index (κ2) is 7.77. The molecule has 0 radical (unpaired) electrons. The lowest BCUT2D eigenvalue weighted by atomic mass is 10.0. The first kappa shape index (κ1) is 18.9. The predicted octanol–water partition coefficient (Wildman–Crippen LogP) is 2.62. The Hall–Kier alpha value is -2.90. The van der Waals surface area contributed by atoms with Crippen molar-refractivity contribution >= 4 is 16.7 Å². The number of hydrogen-bond donors (Lipinski definition) is 2. The lowest BCUT2D eigenvalue weighted by molar-refractivity contribution is -0.128. The second-order valence-corrected chi connectivity index (χ2v) is 6.39. The van der Waals surface area contributed by atoms with Gasteiger partial charge in [0.15, 0.2) is 6.10 Å². The van der Waals surface area contributed by atoms with Gasteiger partial charge >= 0.3 is 0 Å². The highest BCUT2D eigenvalue weighted by atomic mass is 16.5. The van der Waals surface area contributed by atoms with E-state index in [2.05, 4.69) is 15.0 Å². The Labute approximate surface area is 157 Å². The maximum absolute atomic E-state index is 11.5. The van der Waals surface area contributed by atoms with Crippen molar-refractivity contribution in [2.24, 2.45) is 5.73 Å². The molecule has 0 aliphatic heterocycles. The third-order valence-corrected chi connectivity index (χ3v) is 4.52. The summed E-state index contributed by atoms with van der Waals surface area (Å²) in [5.41, 5.74) is 9.08. The minimum Gasteiger partial charge on any atom is -0.387 e. The fourth-order valence-electron chi connectivity index (χ4n) is 2.97. The molecule has 0 aliphatic rings. The van der Waals surface area contributed by atoms with Gasteiger partial charge in [-0.25, -0.2) is 0 Å². The van der Waals surface area contributed by atoms with Gasteiger partial charge in [-0.1, -0.05) is 6.92 Å². The number of rotatable bonds is 6. The van der Waals surface area contributed by atoms with Gasteiger partial charge in [-0.3, -0.25) is 19.7 Å². The first-order valence-electron chi connectivity index (χ1n) is 8.67. The van der Waals surface area contributed by atoms with E-state index >= 15 is 0 Å². The molecule has 0 fully saturated rings. The molecule has 0 saturated heterocycles. The molecule has 3 N–H and O–H groups in total. The van der Waals surface area contributed by atoms with Gasteiger partial charge in [0.05, 0.1) is 23.2 Å². The Morgan fingerprint density at radius 1 is 1.11 bits per heavy atom. The van der Waals surface area contributed by atoms with Crippen LogP contribution in [0.3, 0.4) is 0 Å². The van der Waals surface area contributed by atoms with Crippen LogP contribution in [0, 0.1) is 6.92 Å².